The first kappa shape index (κ1) is 15.3. The van der Waals surface area contributed by atoms with E-state index in [4.69, 9.17) is 4.74 Å². The second kappa shape index (κ2) is 7.65. The Morgan fingerprint density at radius 1 is 1.15 bits per heavy atom. The summed E-state index contributed by atoms with van der Waals surface area (Å²) in [5, 5.41) is 13.5. The average Bonchev–Trinajstić information content (AvgIpc) is 2.63. The van der Waals surface area contributed by atoms with Crippen molar-refractivity contribution in [2.45, 2.75) is 70.7 Å². The van der Waals surface area contributed by atoms with Gasteiger partial charge in [0.05, 0.1) is 6.10 Å². The van der Waals surface area contributed by atoms with Crippen molar-refractivity contribution in [3.8, 4) is 5.75 Å². The van der Waals surface area contributed by atoms with Gasteiger partial charge in [0.25, 0.3) is 0 Å². The standard InChI is InChI=1S/C17H27NO2/c1-13(2)18-12-14-8-10-15(11-9-14)20-17-7-5-3-4-6-16(17)19/h8-11,13,16-19H,3-7,12H2,1-2H3. The molecular weight excluding hydrogens is 250 g/mol. The summed E-state index contributed by atoms with van der Waals surface area (Å²) >= 11 is 0. The molecular formula is C17H27NO2. The zero-order valence-corrected chi connectivity index (χ0v) is 12.6. The minimum atomic E-state index is -0.320. The molecule has 2 rings (SSSR count). The number of nitrogens with one attached hydrogen (secondary N) is 1. The largest absolute Gasteiger partial charge is 0.488 e. The highest BCUT2D eigenvalue weighted by molar-refractivity contribution is 5.27. The van der Waals surface area contributed by atoms with Crippen molar-refractivity contribution in [2.24, 2.45) is 0 Å². The smallest absolute Gasteiger partial charge is 0.124 e. The first-order chi connectivity index (χ1) is 9.65. The fraction of sp³-hybridized carbons (Fsp3) is 0.647. The van der Waals surface area contributed by atoms with Crippen molar-refractivity contribution in [3.05, 3.63) is 29.8 Å². The van der Waals surface area contributed by atoms with E-state index in [1.165, 1.54) is 12.0 Å². The molecule has 0 aliphatic heterocycles. The van der Waals surface area contributed by atoms with Crippen molar-refractivity contribution >= 4 is 0 Å². The number of aliphatic hydroxyl groups is 1. The number of benzene rings is 1. The fourth-order valence-corrected chi connectivity index (χ4v) is 2.57. The highest BCUT2D eigenvalue weighted by Crippen LogP contribution is 2.23. The maximum atomic E-state index is 10.1. The normalized spacial score (nSPS) is 23.6. The molecule has 2 unspecified atom stereocenters. The lowest BCUT2D eigenvalue weighted by Gasteiger charge is -2.22. The molecule has 1 aromatic carbocycles. The van der Waals surface area contributed by atoms with Crippen molar-refractivity contribution in [3.63, 3.8) is 0 Å². The lowest BCUT2D eigenvalue weighted by Crippen LogP contribution is -2.30. The lowest BCUT2D eigenvalue weighted by atomic mass is 10.1. The molecule has 0 radical (unpaired) electrons. The minimum absolute atomic E-state index is 0.0443. The van der Waals surface area contributed by atoms with Crippen molar-refractivity contribution in [2.75, 3.05) is 0 Å². The maximum Gasteiger partial charge on any atom is 0.124 e. The highest BCUT2D eigenvalue weighted by atomic mass is 16.5. The fourth-order valence-electron chi connectivity index (χ4n) is 2.57. The molecule has 3 heteroatoms. The zero-order chi connectivity index (χ0) is 14.4. The Morgan fingerprint density at radius 3 is 2.55 bits per heavy atom. The molecule has 0 heterocycles. The summed E-state index contributed by atoms with van der Waals surface area (Å²) in [6, 6.07) is 8.69. The first-order valence-corrected chi connectivity index (χ1v) is 7.82. The average molecular weight is 277 g/mol. The van der Waals surface area contributed by atoms with E-state index in [9.17, 15) is 5.11 Å². The third kappa shape index (κ3) is 4.80. The summed E-state index contributed by atoms with van der Waals surface area (Å²) in [5.41, 5.74) is 1.26. The van der Waals surface area contributed by atoms with E-state index in [2.05, 4.69) is 31.3 Å². The zero-order valence-electron chi connectivity index (χ0n) is 12.6. The molecule has 1 aliphatic carbocycles. The van der Waals surface area contributed by atoms with Gasteiger partial charge in [-0.25, -0.2) is 0 Å². The van der Waals surface area contributed by atoms with E-state index in [0.717, 1.165) is 38.0 Å². The Labute approximate surface area is 122 Å². The molecule has 112 valence electrons. The van der Waals surface area contributed by atoms with Gasteiger partial charge in [-0.05, 0) is 37.0 Å². The van der Waals surface area contributed by atoms with Gasteiger partial charge in [-0.3, -0.25) is 0 Å². The van der Waals surface area contributed by atoms with E-state index >= 15 is 0 Å². The van der Waals surface area contributed by atoms with Crippen LogP contribution in [0.1, 0.15) is 51.5 Å². The summed E-state index contributed by atoms with van der Waals surface area (Å²) in [6.07, 6.45) is 4.92. The maximum absolute atomic E-state index is 10.1. The third-order valence-corrected chi connectivity index (χ3v) is 3.84. The molecule has 2 N–H and O–H groups in total. The van der Waals surface area contributed by atoms with Gasteiger partial charge in [0.1, 0.15) is 11.9 Å². The van der Waals surface area contributed by atoms with Crippen LogP contribution >= 0.6 is 0 Å². The van der Waals surface area contributed by atoms with Crippen LogP contribution in [-0.4, -0.2) is 23.4 Å². The monoisotopic (exact) mass is 277 g/mol. The van der Waals surface area contributed by atoms with Gasteiger partial charge in [-0.2, -0.15) is 0 Å². The van der Waals surface area contributed by atoms with Gasteiger partial charge in [0.15, 0.2) is 0 Å². The Morgan fingerprint density at radius 2 is 1.85 bits per heavy atom. The third-order valence-electron chi connectivity index (χ3n) is 3.84. The van der Waals surface area contributed by atoms with Crippen molar-refractivity contribution in [1.29, 1.82) is 0 Å². The van der Waals surface area contributed by atoms with Crippen LogP contribution in [-0.2, 0) is 6.54 Å². The topological polar surface area (TPSA) is 41.5 Å². The van der Waals surface area contributed by atoms with E-state index in [1.807, 2.05) is 12.1 Å². The van der Waals surface area contributed by atoms with E-state index in [0.29, 0.717) is 6.04 Å². The molecule has 20 heavy (non-hydrogen) atoms. The highest BCUT2D eigenvalue weighted by Gasteiger charge is 2.23. The molecule has 1 aromatic rings. The van der Waals surface area contributed by atoms with Crippen LogP contribution in [0.25, 0.3) is 0 Å². The molecule has 2 atom stereocenters. The van der Waals surface area contributed by atoms with Crippen LogP contribution in [0.15, 0.2) is 24.3 Å². The predicted octanol–water partition coefficient (Wildman–Crippen LogP) is 3.26. The number of ether oxygens (including phenoxy) is 1. The molecule has 0 spiro atoms. The Bertz CT molecular complexity index is 388. The summed E-state index contributed by atoms with van der Waals surface area (Å²) in [4.78, 5) is 0. The molecule has 1 saturated carbocycles. The lowest BCUT2D eigenvalue weighted by molar-refractivity contribution is 0.0320. The number of rotatable bonds is 5. The molecule has 1 aliphatic rings. The van der Waals surface area contributed by atoms with Crippen LogP contribution in [0.5, 0.6) is 5.75 Å². The van der Waals surface area contributed by atoms with Gasteiger partial charge in [0.2, 0.25) is 0 Å². The molecule has 0 saturated heterocycles. The summed E-state index contributed by atoms with van der Waals surface area (Å²) in [6.45, 7) is 5.17. The predicted molar refractivity (Wildman–Crippen MR) is 81.9 cm³/mol. The van der Waals surface area contributed by atoms with E-state index in [-0.39, 0.29) is 12.2 Å². The van der Waals surface area contributed by atoms with Crippen molar-refractivity contribution < 1.29 is 9.84 Å². The summed E-state index contributed by atoms with van der Waals surface area (Å²) < 4.78 is 5.96. The minimum Gasteiger partial charge on any atom is -0.488 e. The van der Waals surface area contributed by atoms with Crippen LogP contribution < -0.4 is 10.1 Å². The molecule has 3 nitrogen and oxygen atoms in total. The van der Waals surface area contributed by atoms with Gasteiger partial charge >= 0.3 is 0 Å². The molecule has 1 fully saturated rings. The van der Waals surface area contributed by atoms with Gasteiger partial charge in [-0.15, -0.1) is 0 Å². The van der Waals surface area contributed by atoms with E-state index in [1.54, 1.807) is 0 Å². The van der Waals surface area contributed by atoms with Crippen LogP contribution in [0, 0.1) is 0 Å². The number of aliphatic hydroxyl groups excluding tert-OH is 1. The molecule has 0 aromatic heterocycles. The Hall–Kier alpha value is -1.06. The van der Waals surface area contributed by atoms with Gasteiger partial charge < -0.3 is 15.2 Å². The summed E-state index contributed by atoms with van der Waals surface area (Å²) in [7, 11) is 0. The summed E-state index contributed by atoms with van der Waals surface area (Å²) in [5.74, 6) is 0.865. The molecule has 0 bridgehead atoms. The van der Waals surface area contributed by atoms with E-state index < -0.39 is 0 Å². The van der Waals surface area contributed by atoms with Crippen molar-refractivity contribution in [1.82, 2.24) is 5.32 Å². The van der Waals surface area contributed by atoms with Crippen LogP contribution in [0.3, 0.4) is 0 Å². The number of hydrogen-bond donors (Lipinski definition) is 2. The molecule has 0 amide bonds. The Balaban J connectivity index is 1.89. The second-order valence-electron chi connectivity index (χ2n) is 6.04. The van der Waals surface area contributed by atoms with Gasteiger partial charge in [0, 0.05) is 12.6 Å². The van der Waals surface area contributed by atoms with Crippen LogP contribution in [0.2, 0.25) is 0 Å². The second-order valence-corrected chi connectivity index (χ2v) is 6.04. The number of hydrogen-bond acceptors (Lipinski definition) is 3. The van der Waals surface area contributed by atoms with Crippen LogP contribution in [0.4, 0.5) is 0 Å². The first-order valence-electron chi connectivity index (χ1n) is 7.82. The Kier molecular flexibility index (Phi) is 5.86. The van der Waals surface area contributed by atoms with Gasteiger partial charge in [-0.1, -0.05) is 38.8 Å². The quantitative estimate of drug-likeness (QED) is 0.812. The SMILES string of the molecule is CC(C)NCc1ccc(OC2CCCCCC2O)cc1.